The van der Waals surface area contributed by atoms with Gasteiger partial charge in [0, 0.05) is 5.41 Å². The van der Waals surface area contributed by atoms with Crippen molar-refractivity contribution in [1.29, 1.82) is 0 Å². The Morgan fingerprint density at radius 2 is 1.78 bits per heavy atom. The number of carbonyl (C=O) groups excluding carboxylic acids is 2. The van der Waals surface area contributed by atoms with E-state index in [1.807, 2.05) is 24.3 Å². The van der Waals surface area contributed by atoms with Crippen molar-refractivity contribution in [2.45, 2.75) is 63.7 Å². The van der Waals surface area contributed by atoms with Crippen LogP contribution in [0, 0.1) is 5.41 Å². The quantitative estimate of drug-likeness (QED) is 0.703. The summed E-state index contributed by atoms with van der Waals surface area (Å²) < 4.78 is 11.5. The van der Waals surface area contributed by atoms with Gasteiger partial charge in [-0.1, -0.05) is 24.3 Å². The van der Waals surface area contributed by atoms with Crippen molar-refractivity contribution in [2.24, 2.45) is 5.41 Å². The molecule has 1 heterocycles. The van der Waals surface area contributed by atoms with Gasteiger partial charge in [0.1, 0.15) is 5.75 Å². The number of ether oxygens (including phenoxy) is 2. The molecule has 3 amide bonds. The van der Waals surface area contributed by atoms with Crippen molar-refractivity contribution in [1.82, 2.24) is 10.6 Å². The van der Waals surface area contributed by atoms with E-state index >= 15 is 0 Å². The summed E-state index contributed by atoms with van der Waals surface area (Å²) in [6.45, 7) is 4.12. The molecule has 2 aromatic carbocycles. The molecule has 0 bridgehead atoms. The number of imide groups is 1. The van der Waals surface area contributed by atoms with E-state index in [9.17, 15) is 9.59 Å². The highest BCUT2D eigenvalue weighted by atomic mass is 16.5. The largest absolute Gasteiger partial charge is 0.497 e. The fourth-order valence-electron chi connectivity index (χ4n) is 6.08. The van der Waals surface area contributed by atoms with E-state index in [0.717, 1.165) is 60.1 Å². The minimum atomic E-state index is -1.03. The lowest BCUT2D eigenvalue weighted by atomic mass is 9.61. The van der Waals surface area contributed by atoms with E-state index in [2.05, 4.69) is 42.7 Å². The van der Waals surface area contributed by atoms with Crippen LogP contribution in [0.15, 0.2) is 42.5 Å². The second kappa shape index (κ2) is 7.62. The first-order valence-corrected chi connectivity index (χ1v) is 11.4. The molecule has 1 unspecified atom stereocenters. The van der Waals surface area contributed by atoms with Crippen LogP contribution in [-0.2, 0) is 21.5 Å². The topological polar surface area (TPSA) is 76.7 Å². The van der Waals surface area contributed by atoms with Crippen LogP contribution in [0.2, 0.25) is 0 Å². The molecule has 2 fully saturated rings. The standard InChI is InChI=1S/C26H30N2O4/c1-16(2)32-20-9-11-25(12-10-20)15-19-8-7-18(17-5-4-6-21(13-17)31-3)14-22(19)26(25)23(29)27-24(30)28-26/h4-8,13-14,16,20H,9-12,15H2,1-3H3,(H2,27,28,29,30). The fourth-order valence-corrected chi connectivity index (χ4v) is 6.08. The highest BCUT2D eigenvalue weighted by Crippen LogP contribution is 2.59. The van der Waals surface area contributed by atoms with Gasteiger partial charge in [-0.3, -0.25) is 10.1 Å². The molecule has 1 saturated heterocycles. The van der Waals surface area contributed by atoms with E-state index in [1.165, 1.54) is 0 Å². The number of hydrogen-bond donors (Lipinski definition) is 2. The van der Waals surface area contributed by atoms with Crippen LogP contribution in [0.5, 0.6) is 5.75 Å². The molecule has 1 atom stereocenters. The van der Waals surface area contributed by atoms with Crippen molar-refractivity contribution in [3.8, 4) is 16.9 Å². The van der Waals surface area contributed by atoms with Gasteiger partial charge in [0.15, 0.2) is 5.54 Å². The number of amides is 3. The summed E-state index contributed by atoms with van der Waals surface area (Å²) in [5.41, 5.74) is 2.71. The smallest absolute Gasteiger partial charge is 0.322 e. The van der Waals surface area contributed by atoms with Gasteiger partial charge < -0.3 is 14.8 Å². The Morgan fingerprint density at radius 3 is 2.44 bits per heavy atom. The number of urea groups is 1. The first-order chi connectivity index (χ1) is 15.4. The van der Waals surface area contributed by atoms with Crippen molar-refractivity contribution in [3.05, 3.63) is 53.6 Å². The molecule has 32 heavy (non-hydrogen) atoms. The average Bonchev–Trinajstić information content (AvgIpc) is 3.23. The lowest BCUT2D eigenvalue weighted by Crippen LogP contribution is -2.56. The monoisotopic (exact) mass is 434 g/mol. The van der Waals surface area contributed by atoms with Crippen molar-refractivity contribution >= 4 is 11.9 Å². The Hall–Kier alpha value is -2.86. The number of fused-ring (bicyclic) bond motifs is 3. The Bertz CT molecular complexity index is 1070. The summed E-state index contributed by atoms with van der Waals surface area (Å²) in [4.78, 5) is 25.8. The highest BCUT2D eigenvalue weighted by molar-refractivity contribution is 6.09. The number of methoxy groups -OCH3 is 1. The first-order valence-electron chi connectivity index (χ1n) is 11.4. The van der Waals surface area contributed by atoms with Crippen LogP contribution >= 0.6 is 0 Å². The molecule has 6 nitrogen and oxygen atoms in total. The summed E-state index contributed by atoms with van der Waals surface area (Å²) in [5, 5.41) is 5.63. The van der Waals surface area contributed by atoms with Gasteiger partial charge in [-0.05, 0) is 86.4 Å². The summed E-state index contributed by atoms with van der Waals surface area (Å²) in [6, 6.07) is 13.8. The molecule has 2 N–H and O–H groups in total. The zero-order chi connectivity index (χ0) is 22.5. The maximum Gasteiger partial charge on any atom is 0.322 e. The molecule has 2 aromatic rings. The molecule has 0 aromatic heterocycles. The highest BCUT2D eigenvalue weighted by Gasteiger charge is 2.66. The van der Waals surface area contributed by atoms with Gasteiger partial charge in [0.25, 0.3) is 5.91 Å². The molecule has 0 radical (unpaired) electrons. The van der Waals surface area contributed by atoms with Gasteiger partial charge in [0.2, 0.25) is 0 Å². The average molecular weight is 435 g/mol. The van der Waals surface area contributed by atoms with Crippen LogP contribution in [-0.4, -0.2) is 31.3 Å². The zero-order valence-electron chi connectivity index (χ0n) is 18.9. The Kier molecular flexibility index (Phi) is 5.01. The summed E-state index contributed by atoms with van der Waals surface area (Å²) in [5.74, 6) is 0.553. The Balaban J connectivity index is 1.57. The van der Waals surface area contributed by atoms with Crippen LogP contribution in [0.1, 0.15) is 50.7 Å². The SMILES string of the molecule is COc1cccc(-c2ccc3c(c2)C2(NC(=O)NC2=O)C2(CCC(OC(C)C)CC2)C3)c1. The van der Waals surface area contributed by atoms with Gasteiger partial charge >= 0.3 is 6.03 Å². The molecule has 1 saturated carbocycles. The predicted molar refractivity (Wildman–Crippen MR) is 121 cm³/mol. The van der Waals surface area contributed by atoms with E-state index in [1.54, 1.807) is 7.11 Å². The van der Waals surface area contributed by atoms with Crippen LogP contribution in [0.4, 0.5) is 4.79 Å². The molecule has 1 aliphatic heterocycles. The Labute approximate surface area is 188 Å². The van der Waals surface area contributed by atoms with Crippen molar-refractivity contribution < 1.29 is 19.1 Å². The van der Waals surface area contributed by atoms with E-state index < -0.39 is 11.6 Å². The number of carbonyl (C=O) groups is 2. The van der Waals surface area contributed by atoms with Crippen LogP contribution in [0.3, 0.4) is 0 Å². The second-order valence-corrected chi connectivity index (χ2v) is 9.60. The third kappa shape index (κ3) is 3.12. The van der Waals surface area contributed by atoms with Crippen LogP contribution < -0.4 is 15.4 Å². The molecule has 2 spiro atoms. The minimum Gasteiger partial charge on any atom is -0.497 e. The summed E-state index contributed by atoms with van der Waals surface area (Å²) >= 11 is 0. The minimum absolute atomic E-state index is 0.184. The molecular formula is C26H30N2O4. The lowest BCUT2D eigenvalue weighted by molar-refractivity contribution is -0.132. The third-order valence-electron chi connectivity index (χ3n) is 7.46. The molecule has 6 heteroatoms. The predicted octanol–water partition coefficient (Wildman–Crippen LogP) is 4.31. The first kappa shape index (κ1) is 21.0. The molecular weight excluding hydrogens is 404 g/mol. The number of benzene rings is 2. The normalized spacial score (nSPS) is 28.8. The van der Waals surface area contributed by atoms with Gasteiger partial charge in [-0.25, -0.2) is 4.79 Å². The van der Waals surface area contributed by atoms with E-state index in [0.29, 0.717) is 0 Å². The second-order valence-electron chi connectivity index (χ2n) is 9.60. The van der Waals surface area contributed by atoms with Crippen LogP contribution in [0.25, 0.3) is 11.1 Å². The Morgan fingerprint density at radius 1 is 1.03 bits per heavy atom. The molecule has 2 aliphatic carbocycles. The maximum absolute atomic E-state index is 13.4. The number of nitrogens with one attached hydrogen (secondary N) is 2. The molecule has 5 rings (SSSR count). The molecule has 3 aliphatic rings. The summed E-state index contributed by atoms with van der Waals surface area (Å²) in [7, 11) is 1.65. The van der Waals surface area contributed by atoms with Crippen molar-refractivity contribution in [2.75, 3.05) is 7.11 Å². The number of rotatable bonds is 4. The van der Waals surface area contributed by atoms with Crippen molar-refractivity contribution in [3.63, 3.8) is 0 Å². The molecule has 168 valence electrons. The van der Waals surface area contributed by atoms with E-state index in [4.69, 9.17) is 9.47 Å². The van der Waals surface area contributed by atoms with Gasteiger partial charge in [-0.2, -0.15) is 0 Å². The third-order valence-corrected chi connectivity index (χ3v) is 7.46. The maximum atomic E-state index is 13.4. The summed E-state index contributed by atoms with van der Waals surface area (Å²) in [6.07, 6.45) is 4.61. The zero-order valence-corrected chi connectivity index (χ0v) is 18.9. The van der Waals surface area contributed by atoms with E-state index in [-0.39, 0.29) is 23.5 Å². The van der Waals surface area contributed by atoms with Gasteiger partial charge in [0.05, 0.1) is 19.3 Å². The lowest BCUT2D eigenvalue weighted by Gasteiger charge is -2.46. The van der Waals surface area contributed by atoms with Gasteiger partial charge in [-0.15, -0.1) is 0 Å². The fraction of sp³-hybridized carbons (Fsp3) is 0.462. The number of hydrogen-bond acceptors (Lipinski definition) is 4.